The van der Waals surface area contributed by atoms with Gasteiger partial charge in [0.15, 0.2) is 11.6 Å². The third-order valence-corrected chi connectivity index (χ3v) is 5.17. The number of halogens is 1. The molecule has 0 spiro atoms. The van der Waals surface area contributed by atoms with Gasteiger partial charge in [-0.1, -0.05) is 19.1 Å². The van der Waals surface area contributed by atoms with Crippen LogP contribution >= 0.6 is 0 Å². The van der Waals surface area contributed by atoms with Gasteiger partial charge in [0.25, 0.3) is 0 Å². The highest BCUT2D eigenvalue weighted by molar-refractivity contribution is 6.02. The number of hydrazine groups is 1. The average molecular weight is 431 g/mol. The molecule has 4 N–H and O–H groups in total. The number of nitrogens with one attached hydrogen (secondary N) is 3. The van der Waals surface area contributed by atoms with Crippen molar-refractivity contribution in [3.05, 3.63) is 54.4 Å². The van der Waals surface area contributed by atoms with E-state index in [4.69, 9.17) is 4.74 Å². The van der Waals surface area contributed by atoms with Crippen molar-refractivity contribution in [3.8, 4) is 5.75 Å². The van der Waals surface area contributed by atoms with E-state index in [0.717, 1.165) is 25.0 Å². The summed E-state index contributed by atoms with van der Waals surface area (Å²) in [4.78, 5) is 28.5. The van der Waals surface area contributed by atoms with Crippen molar-refractivity contribution in [1.29, 1.82) is 0 Å². The molecular weight excluding hydrogens is 405 g/mol. The first-order valence-corrected chi connectivity index (χ1v) is 9.99. The van der Waals surface area contributed by atoms with E-state index in [1.54, 1.807) is 12.5 Å². The molecule has 3 unspecified atom stereocenters. The Kier molecular flexibility index (Phi) is 7.37. The van der Waals surface area contributed by atoms with Crippen LogP contribution in [0.2, 0.25) is 0 Å². The number of carbonyl (C=O) groups excluding carboxylic acids is 1. The summed E-state index contributed by atoms with van der Waals surface area (Å²) < 4.78 is 20.9. The minimum absolute atomic E-state index is 0.0700. The lowest BCUT2D eigenvalue weighted by molar-refractivity contribution is -0.120. The SMILES string of the molecule is CC/C=C\CC1CC(C(=O)Nc2cc(F)c(OC)cc2C(=O)O)NNC1n1ccnc1. The van der Waals surface area contributed by atoms with Gasteiger partial charge in [-0.05, 0) is 31.2 Å². The summed E-state index contributed by atoms with van der Waals surface area (Å²) in [6.45, 7) is 2.05. The van der Waals surface area contributed by atoms with Crippen molar-refractivity contribution < 1.29 is 23.8 Å². The molecule has 0 saturated carbocycles. The summed E-state index contributed by atoms with van der Waals surface area (Å²) in [5, 5.41) is 12.0. The highest BCUT2D eigenvalue weighted by Crippen LogP contribution is 2.29. The first-order chi connectivity index (χ1) is 14.9. The number of aromatic carboxylic acids is 1. The molecule has 9 nitrogen and oxygen atoms in total. The Hall–Kier alpha value is -3.24. The summed E-state index contributed by atoms with van der Waals surface area (Å²) in [6.07, 6.45) is 11.4. The van der Waals surface area contributed by atoms with Crippen molar-refractivity contribution >= 4 is 17.6 Å². The second-order valence-electron chi connectivity index (χ2n) is 7.23. The van der Waals surface area contributed by atoms with Gasteiger partial charge < -0.3 is 19.7 Å². The standard InChI is InChI=1S/C21H26FN5O4/c1-3-4-5-6-13-9-17(25-26-19(13)27-8-7-23-12-27)20(28)24-16-11-15(22)18(31-2)10-14(16)21(29)30/h4-5,7-8,10-13,17,19,25-26H,3,6,9H2,1-2H3,(H,24,28)(H,29,30)/b5-4-. The molecule has 10 heteroatoms. The second-order valence-corrected chi connectivity index (χ2v) is 7.23. The predicted octanol–water partition coefficient (Wildman–Crippen LogP) is 2.71. The lowest BCUT2D eigenvalue weighted by Crippen LogP contribution is -2.57. The fraction of sp³-hybridized carbons (Fsp3) is 0.381. The molecule has 1 aliphatic rings. The molecule has 2 aromatic rings. The number of carboxylic acid groups (broad SMARTS) is 1. The van der Waals surface area contributed by atoms with Gasteiger partial charge in [-0.15, -0.1) is 0 Å². The molecule has 1 aromatic heterocycles. The number of carboxylic acids is 1. The zero-order chi connectivity index (χ0) is 22.4. The zero-order valence-corrected chi connectivity index (χ0v) is 17.3. The molecule has 0 aliphatic carbocycles. The molecule has 1 aliphatic heterocycles. The first-order valence-electron chi connectivity index (χ1n) is 9.99. The van der Waals surface area contributed by atoms with Gasteiger partial charge in [-0.3, -0.25) is 4.79 Å². The van der Waals surface area contributed by atoms with Gasteiger partial charge >= 0.3 is 5.97 Å². The first kappa shape index (κ1) is 22.4. The third kappa shape index (κ3) is 5.28. The topological polar surface area (TPSA) is 118 Å². The monoisotopic (exact) mass is 431 g/mol. The highest BCUT2D eigenvalue weighted by atomic mass is 19.1. The molecule has 1 aromatic carbocycles. The van der Waals surface area contributed by atoms with E-state index in [1.807, 2.05) is 10.8 Å². The molecule has 1 fully saturated rings. The van der Waals surface area contributed by atoms with Crippen LogP contribution in [0.3, 0.4) is 0 Å². The van der Waals surface area contributed by atoms with E-state index in [1.165, 1.54) is 7.11 Å². The number of amides is 1. The molecule has 166 valence electrons. The molecule has 3 atom stereocenters. The summed E-state index contributed by atoms with van der Waals surface area (Å²) in [7, 11) is 1.24. The molecule has 0 radical (unpaired) electrons. The number of nitrogens with zero attached hydrogens (tertiary/aromatic N) is 2. The van der Waals surface area contributed by atoms with Crippen LogP contribution in [0.5, 0.6) is 5.75 Å². The van der Waals surface area contributed by atoms with Gasteiger partial charge in [0.2, 0.25) is 5.91 Å². The van der Waals surface area contributed by atoms with Crippen LogP contribution in [0.15, 0.2) is 43.0 Å². The predicted molar refractivity (Wildman–Crippen MR) is 112 cm³/mol. The lowest BCUT2D eigenvalue weighted by atomic mass is 9.91. The van der Waals surface area contributed by atoms with E-state index >= 15 is 0 Å². The quantitative estimate of drug-likeness (QED) is 0.475. The van der Waals surface area contributed by atoms with E-state index in [0.29, 0.717) is 6.42 Å². The van der Waals surface area contributed by atoms with Crippen molar-refractivity contribution in [2.45, 2.75) is 38.4 Å². The maximum Gasteiger partial charge on any atom is 0.337 e. The largest absolute Gasteiger partial charge is 0.494 e. The molecule has 31 heavy (non-hydrogen) atoms. The maximum absolute atomic E-state index is 14.1. The van der Waals surface area contributed by atoms with Crippen LogP contribution in [0.25, 0.3) is 0 Å². The van der Waals surface area contributed by atoms with Gasteiger partial charge in [-0.25, -0.2) is 25.0 Å². The summed E-state index contributed by atoms with van der Waals surface area (Å²) in [5.41, 5.74) is 5.75. The number of hydrogen-bond donors (Lipinski definition) is 4. The fourth-order valence-corrected chi connectivity index (χ4v) is 3.59. The van der Waals surface area contributed by atoms with Crippen molar-refractivity contribution in [2.24, 2.45) is 5.92 Å². The minimum atomic E-state index is -1.30. The Balaban J connectivity index is 1.77. The summed E-state index contributed by atoms with van der Waals surface area (Å²) in [5.74, 6) is -2.67. The van der Waals surface area contributed by atoms with E-state index in [2.05, 4.69) is 40.2 Å². The summed E-state index contributed by atoms with van der Waals surface area (Å²) >= 11 is 0. The lowest BCUT2D eigenvalue weighted by Gasteiger charge is -2.37. The number of ether oxygens (including phenoxy) is 1. The number of benzene rings is 1. The Morgan fingerprint density at radius 2 is 2.19 bits per heavy atom. The zero-order valence-electron chi connectivity index (χ0n) is 17.3. The Bertz CT molecular complexity index is 947. The number of imidazole rings is 1. The maximum atomic E-state index is 14.1. The second kappa shape index (κ2) is 10.2. The molecule has 2 heterocycles. The van der Waals surface area contributed by atoms with E-state index in [-0.39, 0.29) is 29.1 Å². The Morgan fingerprint density at radius 1 is 1.39 bits per heavy atom. The molecular formula is C21H26FN5O4. The van der Waals surface area contributed by atoms with Crippen LogP contribution in [0.1, 0.15) is 42.7 Å². The van der Waals surface area contributed by atoms with Gasteiger partial charge in [0, 0.05) is 18.5 Å². The molecule has 3 rings (SSSR count). The number of hydrogen-bond acceptors (Lipinski definition) is 6. The highest BCUT2D eigenvalue weighted by Gasteiger charge is 2.34. The van der Waals surface area contributed by atoms with Gasteiger partial charge in [0.1, 0.15) is 12.2 Å². The van der Waals surface area contributed by atoms with Crippen molar-refractivity contribution in [3.63, 3.8) is 0 Å². The van der Waals surface area contributed by atoms with E-state index in [9.17, 15) is 19.1 Å². The van der Waals surface area contributed by atoms with Crippen LogP contribution in [0.4, 0.5) is 10.1 Å². The number of anilines is 1. The van der Waals surface area contributed by atoms with E-state index < -0.39 is 23.7 Å². The Morgan fingerprint density at radius 3 is 2.84 bits per heavy atom. The number of allylic oxidation sites excluding steroid dienone is 2. The van der Waals surface area contributed by atoms with Crippen LogP contribution in [-0.2, 0) is 4.79 Å². The minimum Gasteiger partial charge on any atom is -0.494 e. The smallest absolute Gasteiger partial charge is 0.337 e. The van der Waals surface area contributed by atoms with Crippen LogP contribution < -0.4 is 20.9 Å². The Labute approximate surface area is 179 Å². The van der Waals surface area contributed by atoms with Gasteiger partial charge in [0.05, 0.1) is 24.7 Å². The summed E-state index contributed by atoms with van der Waals surface area (Å²) in [6, 6.07) is 1.35. The molecule has 0 bridgehead atoms. The number of aromatic nitrogens is 2. The average Bonchev–Trinajstić information content (AvgIpc) is 3.28. The normalized spacial score (nSPS) is 21.2. The third-order valence-electron chi connectivity index (χ3n) is 5.17. The molecule has 1 saturated heterocycles. The van der Waals surface area contributed by atoms with Crippen LogP contribution in [-0.4, -0.2) is 39.7 Å². The van der Waals surface area contributed by atoms with Crippen molar-refractivity contribution in [2.75, 3.05) is 12.4 Å². The van der Waals surface area contributed by atoms with Crippen molar-refractivity contribution in [1.82, 2.24) is 20.4 Å². The number of carbonyl (C=O) groups is 2. The molecule has 1 amide bonds. The van der Waals surface area contributed by atoms with Gasteiger partial charge in [-0.2, -0.15) is 0 Å². The number of rotatable bonds is 8. The number of methoxy groups -OCH3 is 1. The van der Waals surface area contributed by atoms with Crippen LogP contribution in [0, 0.1) is 11.7 Å². The fourth-order valence-electron chi connectivity index (χ4n) is 3.59.